The van der Waals surface area contributed by atoms with Crippen LogP contribution in [0, 0.1) is 0 Å². The molecule has 78 valence electrons. The minimum absolute atomic E-state index is 0.268. The summed E-state index contributed by atoms with van der Waals surface area (Å²) in [5.74, 6) is 0. The Morgan fingerprint density at radius 1 is 1.29 bits per heavy atom. The highest BCUT2D eigenvalue weighted by molar-refractivity contribution is 9.10. The second-order valence-electron chi connectivity index (χ2n) is 3.21. The summed E-state index contributed by atoms with van der Waals surface area (Å²) in [7, 11) is 0. The van der Waals surface area contributed by atoms with Gasteiger partial charge in [-0.05, 0) is 43.6 Å². The van der Waals surface area contributed by atoms with Gasteiger partial charge in [0.15, 0.2) is 0 Å². The molecule has 0 radical (unpaired) electrons. The van der Waals surface area contributed by atoms with E-state index in [-0.39, 0.29) is 6.61 Å². The molecule has 2 N–H and O–H groups in total. The Morgan fingerprint density at radius 2 is 2.14 bits per heavy atom. The zero-order chi connectivity index (χ0) is 10.2. The average molecular weight is 258 g/mol. The highest BCUT2D eigenvalue weighted by Gasteiger charge is 1.93. The van der Waals surface area contributed by atoms with E-state index in [1.54, 1.807) is 0 Å². The van der Waals surface area contributed by atoms with Crippen LogP contribution in [0.25, 0.3) is 0 Å². The van der Waals surface area contributed by atoms with Gasteiger partial charge in [0.25, 0.3) is 0 Å². The maximum Gasteiger partial charge on any atom is 0.0443 e. The van der Waals surface area contributed by atoms with Crippen molar-refractivity contribution in [2.75, 3.05) is 19.7 Å². The van der Waals surface area contributed by atoms with Gasteiger partial charge in [-0.2, -0.15) is 0 Å². The van der Waals surface area contributed by atoms with Gasteiger partial charge in [-0.1, -0.05) is 28.1 Å². The third-order valence-electron chi connectivity index (χ3n) is 1.99. The molecule has 0 bridgehead atoms. The van der Waals surface area contributed by atoms with E-state index >= 15 is 0 Å². The van der Waals surface area contributed by atoms with E-state index in [2.05, 4.69) is 33.4 Å². The SMILES string of the molecule is OCCCNCCc1cccc(Br)c1. The Bertz CT molecular complexity index is 265. The quantitative estimate of drug-likeness (QED) is 0.764. The number of benzene rings is 1. The van der Waals surface area contributed by atoms with Crippen molar-refractivity contribution >= 4 is 15.9 Å². The van der Waals surface area contributed by atoms with Crippen LogP contribution in [0.5, 0.6) is 0 Å². The normalized spacial score (nSPS) is 10.4. The molecule has 0 unspecified atom stereocenters. The van der Waals surface area contributed by atoms with Gasteiger partial charge >= 0.3 is 0 Å². The Hall–Kier alpha value is -0.380. The van der Waals surface area contributed by atoms with Gasteiger partial charge in [-0.25, -0.2) is 0 Å². The van der Waals surface area contributed by atoms with E-state index in [9.17, 15) is 0 Å². The molecule has 0 spiro atoms. The minimum Gasteiger partial charge on any atom is -0.396 e. The van der Waals surface area contributed by atoms with Crippen LogP contribution in [-0.4, -0.2) is 24.8 Å². The van der Waals surface area contributed by atoms with Crippen molar-refractivity contribution in [1.82, 2.24) is 5.32 Å². The van der Waals surface area contributed by atoms with Gasteiger partial charge < -0.3 is 10.4 Å². The summed E-state index contributed by atoms with van der Waals surface area (Å²) in [6.45, 7) is 2.13. The molecule has 14 heavy (non-hydrogen) atoms. The van der Waals surface area contributed by atoms with Crippen LogP contribution in [0.2, 0.25) is 0 Å². The Labute approximate surface area is 93.5 Å². The predicted octanol–water partition coefficient (Wildman–Crippen LogP) is 1.96. The fraction of sp³-hybridized carbons (Fsp3) is 0.455. The van der Waals surface area contributed by atoms with Crippen LogP contribution in [0.15, 0.2) is 28.7 Å². The van der Waals surface area contributed by atoms with Gasteiger partial charge in [0.05, 0.1) is 0 Å². The lowest BCUT2D eigenvalue weighted by Gasteiger charge is -2.03. The Balaban J connectivity index is 2.18. The van der Waals surface area contributed by atoms with Crippen LogP contribution < -0.4 is 5.32 Å². The second-order valence-corrected chi connectivity index (χ2v) is 4.12. The van der Waals surface area contributed by atoms with Crippen molar-refractivity contribution in [3.05, 3.63) is 34.3 Å². The maximum absolute atomic E-state index is 8.57. The van der Waals surface area contributed by atoms with Crippen LogP contribution in [-0.2, 0) is 6.42 Å². The first-order chi connectivity index (χ1) is 6.83. The van der Waals surface area contributed by atoms with Gasteiger partial charge in [0.2, 0.25) is 0 Å². The molecule has 0 fully saturated rings. The van der Waals surface area contributed by atoms with Gasteiger partial charge in [-0.15, -0.1) is 0 Å². The number of nitrogens with one attached hydrogen (secondary N) is 1. The molecule has 0 saturated heterocycles. The van der Waals surface area contributed by atoms with E-state index in [4.69, 9.17) is 5.11 Å². The summed E-state index contributed by atoms with van der Waals surface area (Å²) in [6, 6.07) is 8.34. The first-order valence-electron chi connectivity index (χ1n) is 4.89. The topological polar surface area (TPSA) is 32.3 Å². The zero-order valence-electron chi connectivity index (χ0n) is 8.17. The van der Waals surface area contributed by atoms with Crippen LogP contribution in [0.4, 0.5) is 0 Å². The number of hydrogen-bond donors (Lipinski definition) is 2. The van der Waals surface area contributed by atoms with Crippen molar-refractivity contribution in [2.24, 2.45) is 0 Å². The lowest BCUT2D eigenvalue weighted by atomic mass is 10.1. The number of hydrogen-bond acceptors (Lipinski definition) is 2. The summed E-state index contributed by atoms with van der Waals surface area (Å²) in [5, 5.41) is 11.9. The maximum atomic E-state index is 8.57. The highest BCUT2D eigenvalue weighted by atomic mass is 79.9. The van der Waals surface area contributed by atoms with Gasteiger partial charge in [0.1, 0.15) is 0 Å². The molecule has 0 amide bonds. The third-order valence-corrected chi connectivity index (χ3v) is 2.48. The predicted molar refractivity (Wildman–Crippen MR) is 62.4 cm³/mol. The van der Waals surface area contributed by atoms with Crippen molar-refractivity contribution in [3.8, 4) is 0 Å². The molecule has 0 aliphatic rings. The lowest BCUT2D eigenvalue weighted by Crippen LogP contribution is -2.19. The first kappa shape index (κ1) is 11.7. The Morgan fingerprint density at radius 3 is 2.86 bits per heavy atom. The molecular formula is C11H16BrNO. The van der Waals surface area contributed by atoms with Crippen LogP contribution in [0.1, 0.15) is 12.0 Å². The monoisotopic (exact) mass is 257 g/mol. The van der Waals surface area contributed by atoms with E-state index < -0.39 is 0 Å². The molecule has 0 atom stereocenters. The summed E-state index contributed by atoms with van der Waals surface area (Å²) < 4.78 is 1.13. The number of aliphatic hydroxyl groups is 1. The fourth-order valence-corrected chi connectivity index (χ4v) is 1.70. The summed E-state index contributed by atoms with van der Waals surface area (Å²) in [6.07, 6.45) is 1.86. The molecule has 1 aromatic carbocycles. The molecule has 1 rings (SSSR count). The zero-order valence-corrected chi connectivity index (χ0v) is 9.76. The number of rotatable bonds is 6. The van der Waals surface area contributed by atoms with Crippen molar-refractivity contribution in [1.29, 1.82) is 0 Å². The van der Waals surface area contributed by atoms with E-state index in [1.165, 1.54) is 5.56 Å². The molecule has 1 aromatic rings. The summed E-state index contributed by atoms with van der Waals surface area (Å²) >= 11 is 3.44. The number of halogens is 1. The van der Waals surface area contributed by atoms with E-state index in [0.29, 0.717) is 0 Å². The molecule has 0 saturated carbocycles. The summed E-state index contributed by atoms with van der Waals surface area (Å²) in [4.78, 5) is 0. The molecule has 2 nitrogen and oxygen atoms in total. The first-order valence-corrected chi connectivity index (χ1v) is 5.68. The largest absolute Gasteiger partial charge is 0.396 e. The van der Waals surface area contributed by atoms with Gasteiger partial charge in [-0.3, -0.25) is 0 Å². The molecule has 0 heterocycles. The fourth-order valence-electron chi connectivity index (χ4n) is 1.25. The van der Waals surface area contributed by atoms with Crippen LogP contribution in [0.3, 0.4) is 0 Å². The molecular weight excluding hydrogens is 242 g/mol. The molecule has 3 heteroatoms. The van der Waals surface area contributed by atoms with E-state index in [0.717, 1.165) is 30.4 Å². The molecule has 0 aliphatic carbocycles. The lowest BCUT2D eigenvalue weighted by molar-refractivity contribution is 0.286. The standard InChI is InChI=1S/C11H16BrNO/c12-11-4-1-3-10(9-11)5-7-13-6-2-8-14/h1,3-4,9,13-14H,2,5-8H2. The molecule has 0 aromatic heterocycles. The minimum atomic E-state index is 0.268. The second kappa shape index (κ2) is 6.98. The number of aliphatic hydroxyl groups excluding tert-OH is 1. The van der Waals surface area contributed by atoms with Crippen molar-refractivity contribution in [3.63, 3.8) is 0 Å². The highest BCUT2D eigenvalue weighted by Crippen LogP contribution is 2.11. The van der Waals surface area contributed by atoms with E-state index in [1.807, 2.05) is 12.1 Å². The van der Waals surface area contributed by atoms with Crippen molar-refractivity contribution in [2.45, 2.75) is 12.8 Å². The van der Waals surface area contributed by atoms with Crippen molar-refractivity contribution < 1.29 is 5.11 Å². The summed E-state index contributed by atoms with van der Waals surface area (Å²) in [5.41, 5.74) is 1.33. The van der Waals surface area contributed by atoms with Gasteiger partial charge in [0, 0.05) is 11.1 Å². The van der Waals surface area contributed by atoms with Crippen LogP contribution >= 0.6 is 15.9 Å². The smallest absolute Gasteiger partial charge is 0.0443 e. The third kappa shape index (κ3) is 4.74. The Kier molecular flexibility index (Phi) is 5.83. The molecule has 0 aliphatic heterocycles. The average Bonchev–Trinajstić information content (AvgIpc) is 2.18.